The molecule has 2 heterocycles. The van der Waals surface area contributed by atoms with Gasteiger partial charge in [0, 0.05) is 34.6 Å². The molecule has 0 spiro atoms. The summed E-state index contributed by atoms with van der Waals surface area (Å²) in [5.41, 5.74) is 2.18. The Hall–Kier alpha value is -2.22. The van der Waals surface area contributed by atoms with Crippen LogP contribution in [0.1, 0.15) is 6.42 Å². The molecule has 27 heavy (non-hydrogen) atoms. The van der Waals surface area contributed by atoms with Crippen molar-refractivity contribution in [2.75, 3.05) is 31.6 Å². The van der Waals surface area contributed by atoms with E-state index < -0.39 is 0 Å². The Morgan fingerprint density at radius 1 is 1.26 bits per heavy atom. The number of morpholine rings is 1. The van der Waals surface area contributed by atoms with Gasteiger partial charge in [0.25, 0.3) is 5.91 Å². The fourth-order valence-corrected chi connectivity index (χ4v) is 4.03. The van der Waals surface area contributed by atoms with E-state index in [1.165, 1.54) is 11.3 Å². The molecule has 1 aliphatic heterocycles. The van der Waals surface area contributed by atoms with Gasteiger partial charge in [-0.25, -0.2) is 4.98 Å². The summed E-state index contributed by atoms with van der Waals surface area (Å²) in [6.07, 6.45) is 2.21. The van der Waals surface area contributed by atoms with Crippen molar-refractivity contribution >= 4 is 39.9 Å². The third-order valence-electron chi connectivity index (χ3n) is 4.65. The highest BCUT2D eigenvalue weighted by Gasteiger charge is 2.33. The molecule has 1 saturated heterocycles. The fourth-order valence-electron chi connectivity index (χ4n) is 3.09. The number of carbonyl (C=O) groups is 2. The van der Waals surface area contributed by atoms with E-state index in [-0.39, 0.29) is 17.7 Å². The minimum atomic E-state index is -0.209. The largest absolute Gasteiger partial charge is 0.378 e. The van der Waals surface area contributed by atoms with Crippen molar-refractivity contribution in [2.45, 2.75) is 6.42 Å². The molecule has 140 valence electrons. The molecule has 6 nitrogen and oxygen atoms in total. The number of nitrogens with zero attached hydrogens (tertiary/aromatic N) is 2. The lowest BCUT2D eigenvalue weighted by molar-refractivity contribution is -0.138. The van der Waals surface area contributed by atoms with Gasteiger partial charge in [0.1, 0.15) is 0 Å². The lowest BCUT2D eigenvalue weighted by atomic mass is 9.84. The van der Waals surface area contributed by atoms with Crippen LogP contribution in [0.15, 0.2) is 41.3 Å². The predicted molar refractivity (Wildman–Crippen MR) is 105 cm³/mol. The van der Waals surface area contributed by atoms with Crippen LogP contribution in [0.2, 0.25) is 5.02 Å². The molecule has 4 rings (SSSR count). The lowest BCUT2D eigenvalue weighted by Crippen LogP contribution is -2.45. The van der Waals surface area contributed by atoms with E-state index in [1.807, 2.05) is 23.6 Å². The number of ether oxygens (including phenoxy) is 1. The number of hydrogen-bond acceptors (Lipinski definition) is 5. The first kappa shape index (κ1) is 18.2. The first-order chi connectivity index (χ1) is 13.1. The normalized spacial score (nSPS) is 19.2. The van der Waals surface area contributed by atoms with Crippen LogP contribution in [0.4, 0.5) is 5.13 Å². The van der Waals surface area contributed by atoms with Crippen LogP contribution in [-0.2, 0) is 14.3 Å². The van der Waals surface area contributed by atoms with Gasteiger partial charge in [0.2, 0.25) is 5.91 Å². The van der Waals surface area contributed by atoms with Crippen LogP contribution < -0.4 is 5.32 Å². The molecule has 1 aromatic carbocycles. The van der Waals surface area contributed by atoms with Crippen molar-refractivity contribution in [1.82, 2.24) is 9.88 Å². The highest BCUT2D eigenvalue weighted by Crippen LogP contribution is 2.32. The minimum Gasteiger partial charge on any atom is -0.378 e. The average Bonchev–Trinajstić information content (AvgIpc) is 3.09. The van der Waals surface area contributed by atoms with Crippen molar-refractivity contribution < 1.29 is 14.3 Å². The van der Waals surface area contributed by atoms with Gasteiger partial charge in [-0.3, -0.25) is 14.9 Å². The van der Waals surface area contributed by atoms with Gasteiger partial charge in [-0.1, -0.05) is 35.9 Å². The number of nitrogens with one attached hydrogen (secondary N) is 1. The van der Waals surface area contributed by atoms with Crippen molar-refractivity contribution in [3.63, 3.8) is 0 Å². The van der Waals surface area contributed by atoms with Crippen LogP contribution in [0.5, 0.6) is 0 Å². The second-order valence-corrected chi connectivity index (χ2v) is 7.68. The van der Waals surface area contributed by atoms with Gasteiger partial charge in [0.15, 0.2) is 5.13 Å². The highest BCUT2D eigenvalue weighted by molar-refractivity contribution is 7.14. The number of carbonyl (C=O) groups excluding carboxylic acids is 2. The number of halogens is 1. The van der Waals surface area contributed by atoms with E-state index in [1.54, 1.807) is 17.0 Å². The summed E-state index contributed by atoms with van der Waals surface area (Å²) in [5, 5.41) is 5.79. The zero-order valence-electron chi connectivity index (χ0n) is 14.5. The summed E-state index contributed by atoms with van der Waals surface area (Å²) in [4.78, 5) is 31.0. The minimum absolute atomic E-state index is 0.0742. The quantitative estimate of drug-likeness (QED) is 0.850. The summed E-state index contributed by atoms with van der Waals surface area (Å²) in [7, 11) is 0. The summed E-state index contributed by atoms with van der Waals surface area (Å²) >= 11 is 7.54. The maximum absolute atomic E-state index is 12.4. The number of aromatic nitrogens is 1. The van der Waals surface area contributed by atoms with Crippen LogP contribution in [0.3, 0.4) is 0 Å². The average molecular weight is 404 g/mol. The van der Waals surface area contributed by atoms with Crippen LogP contribution >= 0.6 is 22.9 Å². The van der Waals surface area contributed by atoms with Gasteiger partial charge in [-0.15, -0.1) is 11.3 Å². The maximum atomic E-state index is 12.4. The summed E-state index contributed by atoms with van der Waals surface area (Å²) < 4.78 is 5.26. The SMILES string of the molecule is O=C(Nc1nc(-c2ccccc2Cl)cs1)C1=C[C@H](C(=O)N2CCOCC2)C1. The Kier molecular flexibility index (Phi) is 5.24. The van der Waals surface area contributed by atoms with Crippen molar-refractivity contribution in [3.05, 3.63) is 46.3 Å². The molecule has 1 atom stereocenters. The number of anilines is 1. The van der Waals surface area contributed by atoms with Gasteiger partial charge in [-0.2, -0.15) is 0 Å². The molecule has 2 aromatic rings. The van der Waals surface area contributed by atoms with E-state index in [4.69, 9.17) is 16.3 Å². The molecule has 0 radical (unpaired) electrons. The zero-order chi connectivity index (χ0) is 18.8. The lowest BCUT2D eigenvalue weighted by Gasteiger charge is -2.32. The van der Waals surface area contributed by atoms with Crippen molar-refractivity contribution in [3.8, 4) is 11.3 Å². The topological polar surface area (TPSA) is 71.5 Å². The van der Waals surface area contributed by atoms with E-state index in [9.17, 15) is 9.59 Å². The number of rotatable bonds is 4. The number of thiazole rings is 1. The standard InChI is InChI=1S/C19H18ClN3O3S/c20-15-4-2-1-3-14(15)16-11-27-19(21-16)22-17(24)12-9-13(10-12)18(25)23-5-7-26-8-6-23/h1-4,9,11,13H,5-8,10H2,(H,21,22,24)/t13-/m0/s1. The molecule has 0 unspecified atom stereocenters. The van der Waals surface area contributed by atoms with Gasteiger partial charge in [0.05, 0.1) is 24.8 Å². The zero-order valence-corrected chi connectivity index (χ0v) is 16.1. The van der Waals surface area contributed by atoms with Crippen LogP contribution in [0.25, 0.3) is 11.3 Å². The Morgan fingerprint density at radius 2 is 2.00 bits per heavy atom. The monoisotopic (exact) mass is 403 g/mol. The van der Waals surface area contributed by atoms with E-state index >= 15 is 0 Å². The van der Waals surface area contributed by atoms with E-state index in [0.717, 1.165) is 11.3 Å². The molecule has 0 bridgehead atoms. The molecule has 2 amide bonds. The Bertz CT molecular complexity index is 905. The fraction of sp³-hybridized carbons (Fsp3) is 0.316. The van der Waals surface area contributed by atoms with Crippen LogP contribution in [0, 0.1) is 5.92 Å². The van der Waals surface area contributed by atoms with Gasteiger partial charge >= 0.3 is 0 Å². The molecule has 1 aliphatic carbocycles. The molecule has 1 aromatic heterocycles. The molecular formula is C19H18ClN3O3S. The third-order valence-corrected chi connectivity index (χ3v) is 5.74. The van der Waals surface area contributed by atoms with E-state index in [2.05, 4.69) is 10.3 Å². The van der Waals surface area contributed by atoms with Gasteiger partial charge in [-0.05, 0) is 12.5 Å². The predicted octanol–water partition coefficient (Wildman–Crippen LogP) is 3.21. The number of hydrogen-bond donors (Lipinski definition) is 1. The molecular weight excluding hydrogens is 386 g/mol. The Labute approximate surface area is 165 Å². The molecule has 2 aliphatic rings. The van der Waals surface area contributed by atoms with E-state index in [0.29, 0.717) is 48.5 Å². The highest BCUT2D eigenvalue weighted by atomic mass is 35.5. The summed E-state index contributed by atoms with van der Waals surface area (Å²) in [6.45, 7) is 2.39. The number of amides is 2. The smallest absolute Gasteiger partial charge is 0.253 e. The molecule has 0 saturated carbocycles. The first-order valence-electron chi connectivity index (χ1n) is 8.71. The molecule has 1 fully saturated rings. The third kappa shape index (κ3) is 3.90. The van der Waals surface area contributed by atoms with Crippen molar-refractivity contribution in [1.29, 1.82) is 0 Å². The second kappa shape index (κ2) is 7.80. The summed E-state index contributed by atoms with van der Waals surface area (Å²) in [5.74, 6) is -0.343. The molecule has 1 N–H and O–H groups in total. The Balaban J connectivity index is 1.36. The molecule has 8 heteroatoms. The van der Waals surface area contributed by atoms with Crippen LogP contribution in [-0.4, -0.2) is 48.0 Å². The Morgan fingerprint density at radius 3 is 2.74 bits per heavy atom. The summed E-state index contributed by atoms with van der Waals surface area (Å²) in [6, 6.07) is 7.45. The second-order valence-electron chi connectivity index (χ2n) is 6.41. The maximum Gasteiger partial charge on any atom is 0.253 e. The van der Waals surface area contributed by atoms with Gasteiger partial charge < -0.3 is 9.64 Å². The van der Waals surface area contributed by atoms with Crippen molar-refractivity contribution in [2.24, 2.45) is 5.92 Å². The first-order valence-corrected chi connectivity index (χ1v) is 9.96. The number of benzene rings is 1.